The lowest BCUT2D eigenvalue weighted by Crippen LogP contribution is -2.34. The van der Waals surface area contributed by atoms with Crippen LogP contribution in [0.3, 0.4) is 0 Å². The first kappa shape index (κ1) is 23.3. The molecule has 2 N–H and O–H groups in total. The van der Waals surface area contributed by atoms with E-state index in [1.54, 1.807) is 18.2 Å². The van der Waals surface area contributed by atoms with Gasteiger partial charge in [0.15, 0.2) is 6.61 Å². The Morgan fingerprint density at radius 3 is 2.03 bits per heavy atom. The number of amides is 3. The summed E-state index contributed by atoms with van der Waals surface area (Å²) in [6.07, 6.45) is -0.279. The van der Waals surface area contributed by atoms with E-state index < -0.39 is 30.3 Å². The maximum absolute atomic E-state index is 12.2. The lowest BCUT2D eigenvalue weighted by Gasteiger charge is -2.19. The van der Waals surface area contributed by atoms with Gasteiger partial charge in [-0.3, -0.25) is 19.7 Å². The molecule has 0 bridgehead atoms. The van der Waals surface area contributed by atoms with Gasteiger partial charge in [0, 0.05) is 11.3 Å². The van der Waals surface area contributed by atoms with E-state index in [0.717, 1.165) is 5.56 Å². The lowest BCUT2D eigenvalue weighted by atomic mass is 9.87. The maximum atomic E-state index is 12.2. The Hall–Kier alpha value is -3.99. The second kappa shape index (κ2) is 10.2. The van der Waals surface area contributed by atoms with Crippen LogP contribution < -0.4 is 10.6 Å². The average molecular weight is 421 g/mol. The van der Waals surface area contributed by atoms with Crippen molar-refractivity contribution in [1.82, 2.24) is 5.32 Å². The topological polar surface area (TPSA) is 125 Å². The van der Waals surface area contributed by atoms with Crippen LogP contribution in [0.15, 0.2) is 48.5 Å². The Bertz CT molecular complexity index is 1010. The van der Waals surface area contributed by atoms with Crippen LogP contribution in [0.25, 0.3) is 0 Å². The zero-order valence-electron chi connectivity index (χ0n) is 17.5. The van der Waals surface area contributed by atoms with Crippen LogP contribution in [0, 0.1) is 11.3 Å². The van der Waals surface area contributed by atoms with E-state index in [9.17, 15) is 19.2 Å². The largest absolute Gasteiger partial charge is 0.452 e. The third-order valence-electron chi connectivity index (χ3n) is 4.24. The lowest BCUT2D eigenvalue weighted by molar-refractivity contribution is -0.123. The SMILES string of the molecule is CC(C)(C)c1ccc(C(=O)NC(=O)COC(=O)c2ccc(NC(=O)CC#N)cc2)cc1. The predicted octanol–water partition coefficient (Wildman–Crippen LogP) is 2.95. The average Bonchev–Trinajstić information content (AvgIpc) is 2.72. The van der Waals surface area contributed by atoms with Gasteiger partial charge in [-0.15, -0.1) is 0 Å². The fourth-order valence-corrected chi connectivity index (χ4v) is 2.54. The van der Waals surface area contributed by atoms with Gasteiger partial charge in [-0.05, 0) is 47.4 Å². The normalized spacial score (nSPS) is 10.5. The smallest absolute Gasteiger partial charge is 0.338 e. The van der Waals surface area contributed by atoms with Gasteiger partial charge in [0.2, 0.25) is 5.91 Å². The number of esters is 1. The van der Waals surface area contributed by atoms with Crippen LogP contribution in [0.4, 0.5) is 5.69 Å². The molecule has 8 nitrogen and oxygen atoms in total. The summed E-state index contributed by atoms with van der Waals surface area (Å²) in [5, 5.41) is 13.1. The molecule has 0 aromatic heterocycles. The van der Waals surface area contributed by atoms with Crippen molar-refractivity contribution in [2.75, 3.05) is 11.9 Å². The van der Waals surface area contributed by atoms with Crippen molar-refractivity contribution in [2.45, 2.75) is 32.6 Å². The van der Waals surface area contributed by atoms with Crippen LogP contribution in [0.1, 0.15) is 53.5 Å². The molecule has 31 heavy (non-hydrogen) atoms. The number of hydrogen-bond donors (Lipinski definition) is 2. The minimum atomic E-state index is -0.757. The molecule has 0 spiro atoms. The minimum Gasteiger partial charge on any atom is -0.452 e. The number of nitrogens with zero attached hydrogens (tertiary/aromatic N) is 1. The molecule has 2 aromatic carbocycles. The van der Waals surface area contributed by atoms with E-state index in [1.807, 2.05) is 12.1 Å². The third-order valence-corrected chi connectivity index (χ3v) is 4.24. The molecule has 0 atom stereocenters. The maximum Gasteiger partial charge on any atom is 0.338 e. The quantitative estimate of drug-likeness (QED) is 0.691. The number of imide groups is 1. The van der Waals surface area contributed by atoms with Crippen LogP contribution in [0.2, 0.25) is 0 Å². The fourth-order valence-electron chi connectivity index (χ4n) is 2.54. The van der Waals surface area contributed by atoms with E-state index in [1.165, 1.54) is 24.3 Å². The van der Waals surface area contributed by atoms with Crippen molar-refractivity contribution < 1.29 is 23.9 Å². The molecule has 0 saturated heterocycles. The molecular weight excluding hydrogens is 398 g/mol. The highest BCUT2D eigenvalue weighted by Crippen LogP contribution is 2.22. The zero-order chi connectivity index (χ0) is 23.0. The molecule has 0 saturated carbocycles. The number of benzene rings is 2. The number of ether oxygens (including phenoxy) is 1. The molecule has 0 aliphatic heterocycles. The van der Waals surface area contributed by atoms with Gasteiger partial charge in [-0.25, -0.2) is 4.79 Å². The van der Waals surface area contributed by atoms with Crippen LogP contribution >= 0.6 is 0 Å². The highest BCUT2D eigenvalue weighted by molar-refractivity contribution is 6.05. The monoisotopic (exact) mass is 421 g/mol. The molecule has 0 radical (unpaired) electrons. The van der Waals surface area contributed by atoms with E-state index in [0.29, 0.717) is 11.3 Å². The van der Waals surface area contributed by atoms with E-state index in [-0.39, 0.29) is 17.4 Å². The fraction of sp³-hybridized carbons (Fsp3) is 0.261. The molecule has 0 unspecified atom stereocenters. The summed E-state index contributed by atoms with van der Waals surface area (Å²) < 4.78 is 4.92. The first-order valence-electron chi connectivity index (χ1n) is 9.49. The van der Waals surface area contributed by atoms with Gasteiger partial charge in [-0.1, -0.05) is 32.9 Å². The number of nitrogens with one attached hydrogen (secondary N) is 2. The molecule has 0 aliphatic carbocycles. The van der Waals surface area contributed by atoms with Gasteiger partial charge in [-0.2, -0.15) is 5.26 Å². The summed E-state index contributed by atoms with van der Waals surface area (Å²) in [6, 6.07) is 14.4. The summed E-state index contributed by atoms with van der Waals surface area (Å²) in [5.41, 5.74) is 1.90. The standard InChI is InChI=1S/C23H23N3O5/c1-23(2,3)17-8-4-15(5-9-17)21(29)26-20(28)14-31-22(30)16-6-10-18(11-7-16)25-19(27)12-13-24/h4-11H,12,14H2,1-3H3,(H,25,27)(H,26,28,29). The second-order valence-electron chi connectivity index (χ2n) is 7.74. The number of nitriles is 1. The number of anilines is 1. The first-order chi connectivity index (χ1) is 14.6. The molecule has 2 rings (SSSR count). The third kappa shape index (κ3) is 7.08. The summed E-state index contributed by atoms with van der Waals surface area (Å²) in [7, 11) is 0. The molecule has 8 heteroatoms. The number of carbonyl (C=O) groups is 4. The Labute approximate surface area is 180 Å². The van der Waals surface area contributed by atoms with Crippen molar-refractivity contribution in [1.29, 1.82) is 5.26 Å². The molecule has 0 fully saturated rings. The number of carbonyl (C=O) groups excluding carboxylic acids is 4. The van der Waals surface area contributed by atoms with Crippen LogP contribution in [-0.2, 0) is 19.7 Å². The van der Waals surface area contributed by atoms with E-state index >= 15 is 0 Å². The van der Waals surface area contributed by atoms with Gasteiger partial charge in [0.25, 0.3) is 11.8 Å². The number of rotatable bonds is 6. The van der Waals surface area contributed by atoms with Gasteiger partial charge < -0.3 is 10.1 Å². The Kier molecular flexibility index (Phi) is 7.64. The van der Waals surface area contributed by atoms with E-state index in [2.05, 4.69) is 31.4 Å². The van der Waals surface area contributed by atoms with Crippen molar-refractivity contribution in [3.8, 4) is 6.07 Å². The predicted molar refractivity (Wildman–Crippen MR) is 113 cm³/mol. The zero-order valence-corrected chi connectivity index (χ0v) is 17.5. The molecule has 0 aliphatic rings. The van der Waals surface area contributed by atoms with E-state index in [4.69, 9.17) is 10.00 Å². The summed E-state index contributed by atoms with van der Waals surface area (Å²) >= 11 is 0. The minimum absolute atomic E-state index is 0.0561. The van der Waals surface area contributed by atoms with Crippen molar-refractivity contribution in [3.05, 3.63) is 65.2 Å². The summed E-state index contributed by atoms with van der Waals surface area (Å²) in [5.74, 6) is -2.56. The summed E-state index contributed by atoms with van der Waals surface area (Å²) in [4.78, 5) is 47.5. The second-order valence-corrected chi connectivity index (χ2v) is 7.74. The Morgan fingerprint density at radius 1 is 0.903 bits per heavy atom. The molecule has 0 heterocycles. The molecule has 160 valence electrons. The van der Waals surface area contributed by atoms with Gasteiger partial charge in [0.1, 0.15) is 6.42 Å². The summed E-state index contributed by atoms with van der Waals surface area (Å²) in [6.45, 7) is 5.54. The highest BCUT2D eigenvalue weighted by atomic mass is 16.5. The Morgan fingerprint density at radius 2 is 1.48 bits per heavy atom. The highest BCUT2D eigenvalue weighted by Gasteiger charge is 2.16. The Balaban J connectivity index is 1.85. The molecule has 2 aromatic rings. The number of hydrogen-bond acceptors (Lipinski definition) is 6. The van der Waals surface area contributed by atoms with Gasteiger partial charge in [0.05, 0.1) is 11.6 Å². The van der Waals surface area contributed by atoms with Crippen LogP contribution in [-0.4, -0.2) is 30.3 Å². The van der Waals surface area contributed by atoms with Crippen molar-refractivity contribution >= 4 is 29.4 Å². The van der Waals surface area contributed by atoms with Crippen molar-refractivity contribution in [2.24, 2.45) is 0 Å². The van der Waals surface area contributed by atoms with Gasteiger partial charge >= 0.3 is 5.97 Å². The molecule has 3 amide bonds. The first-order valence-corrected chi connectivity index (χ1v) is 9.49. The molecular formula is C23H23N3O5. The van der Waals surface area contributed by atoms with Crippen molar-refractivity contribution in [3.63, 3.8) is 0 Å². The van der Waals surface area contributed by atoms with Crippen LogP contribution in [0.5, 0.6) is 0 Å².